The molecular weight excluding hydrogens is 342 g/mol. The summed E-state index contributed by atoms with van der Waals surface area (Å²) in [5, 5.41) is 13.5. The molecule has 0 atom stereocenters. The van der Waals surface area contributed by atoms with Gasteiger partial charge >= 0.3 is 0 Å². The predicted octanol–water partition coefficient (Wildman–Crippen LogP) is 5.81. The normalized spacial score (nSPS) is 13.3. The molecule has 3 aromatic rings. The van der Waals surface area contributed by atoms with Crippen LogP contribution >= 0.6 is 0 Å². The molecule has 0 radical (unpaired) electrons. The Labute approximate surface area is 167 Å². The first-order valence-corrected chi connectivity index (χ1v) is 10.1. The number of pyridine rings is 1. The molecule has 0 bridgehead atoms. The number of nitrogens with zero attached hydrogens (tertiary/aromatic N) is 2. The molecule has 1 aliphatic carbocycles. The second-order valence-electron chi connectivity index (χ2n) is 7.51. The molecule has 0 saturated heterocycles. The zero-order chi connectivity index (χ0) is 19.3. The van der Waals surface area contributed by atoms with Crippen molar-refractivity contribution in [3.05, 3.63) is 82.5 Å². The Morgan fingerprint density at radius 3 is 2.46 bits per heavy atom. The standard InChI is InChI=1S/C25H25N3/c1-18-12-14-20(15-13-18)24-21-10-6-3-7-11-23(21)28-25(22(24)16-26)27-17-19-8-4-2-5-9-19/h2,4-5,8-9,12-15H,3,6-7,10-11,17H2,1H3,(H,27,28). The first kappa shape index (κ1) is 18.3. The maximum Gasteiger partial charge on any atom is 0.145 e. The van der Waals surface area contributed by atoms with Gasteiger partial charge in [-0.2, -0.15) is 5.26 Å². The summed E-state index contributed by atoms with van der Waals surface area (Å²) in [6.45, 7) is 2.75. The average molecular weight is 367 g/mol. The molecule has 3 nitrogen and oxygen atoms in total. The van der Waals surface area contributed by atoms with E-state index in [1.807, 2.05) is 18.2 Å². The molecule has 3 heteroatoms. The van der Waals surface area contributed by atoms with Crippen molar-refractivity contribution >= 4 is 5.82 Å². The summed E-state index contributed by atoms with van der Waals surface area (Å²) in [7, 11) is 0. The van der Waals surface area contributed by atoms with Crippen LogP contribution in [-0.4, -0.2) is 4.98 Å². The summed E-state index contributed by atoms with van der Waals surface area (Å²) in [6.07, 6.45) is 5.53. The summed E-state index contributed by atoms with van der Waals surface area (Å²) >= 11 is 0. The Morgan fingerprint density at radius 2 is 1.71 bits per heavy atom. The number of benzene rings is 2. The lowest BCUT2D eigenvalue weighted by Crippen LogP contribution is -2.10. The number of hydrogen-bond donors (Lipinski definition) is 1. The van der Waals surface area contributed by atoms with Crippen molar-refractivity contribution in [2.45, 2.75) is 45.6 Å². The molecule has 140 valence electrons. The van der Waals surface area contributed by atoms with E-state index in [0.717, 1.165) is 42.5 Å². The minimum Gasteiger partial charge on any atom is -0.365 e. The van der Waals surface area contributed by atoms with E-state index < -0.39 is 0 Å². The Balaban J connectivity index is 1.82. The molecule has 0 saturated carbocycles. The predicted molar refractivity (Wildman–Crippen MR) is 114 cm³/mol. The summed E-state index contributed by atoms with van der Waals surface area (Å²) in [4.78, 5) is 4.93. The number of nitrogens with one attached hydrogen (secondary N) is 1. The van der Waals surface area contributed by atoms with E-state index in [4.69, 9.17) is 4.98 Å². The van der Waals surface area contributed by atoms with E-state index in [2.05, 4.69) is 54.7 Å². The van der Waals surface area contributed by atoms with Crippen molar-refractivity contribution in [1.29, 1.82) is 5.26 Å². The van der Waals surface area contributed by atoms with Crippen LogP contribution in [-0.2, 0) is 19.4 Å². The van der Waals surface area contributed by atoms with Crippen molar-refractivity contribution in [3.8, 4) is 17.2 Å². The van der Waals surface area contributed by atoms with Gasteiger partial charge < -0.3 is 5.32 Å². The number of fused-ring (bicyclic) bond motifs is 1. The first-order chi connectivity index (χ1) is 13.8. The van der Waals surface area contributed by atoms with Gasteiger partial charge in [-0.25, -0.2) is 4.98 Å². The zero-order valence-corrected chi connectivity index (χ0v) is 16.3. The van der Waals surface area contributed by atoms with Gasteiger partial charge in [0.1, 0.15) is 17.5 Å². The van der Waals surface area contributed by atoms with Crippen LogP contribution in [0.4, 0.5) is 5.82 Å². The minimum atomic E-state index is 0.661. The van der Waals surface area contributed by atoms with Gasteiger partial charge in [-0.05, 0) is 49.3 Å². The SMILES string of the molecule is Cc1ccc(-c2c(C#N)c(NCc3ccccc3)nc3c2CCCCC3)cc1. The second-order valence-corrected chi connectivity index (χ2v) is 7.51. The molecule has 1 N–H and O–H groups in total. The topological polar surface area (TPSA) is 48.7 Å². The number of hydrogen-bond acceptors (Lipinski definition) is 3. The smallest absolute Gasteiger partial charge is 0.145 e. The summed E-state index contributed by atoms with van der Waals surface area (Å²) in [5.74, 6) is 0.711. The Bertz CT molecular complexity index is 999. The molecule has 0 fully saturated rings. The van der Waals surface area contributed by atoms with E-state index in [9.17, 15) is 5.26 Å². The molecule has 1 aromatic heterocycles. The number of aryl methyl sites for hydroxylation is 2. The largest absolute Gasteiger partial charge is 0.365 e. The molecule has 1 aliphatic rings. The Hall–Kier alpha value is -3.12. The quantitative estimate of drug-likeness (QED) is 0.592. The monoisotopic (exact) mass is 367 g/mol. The highest BCUT2D eigenvalue weighted by Gasteiger charge is 2.22. The van der Waals surface area contributed by atoms with E-state index in [1.165, 1.54) is 23.1 Å². The van der Waals surface area contributed by atoms with Crippen LogP contribution in [0.3, 0.4) is 0 Å². The lowest BCUT2D eigenvalue weighted by molar-refractivity contribution is 0.709. The van der Waals surface area contributed by atoms with Gasteiger partial charge in [0.05, 0.1) is 0 Å². The van der Waals surface area contributed by atoms with Gasteiger partial charge in [-0.3, -0.25) is 0 Å². The second kappa shape index (κ2) is 8.27. The van der Waals surface area contributed by atoms with Crippen LogP contribution in [0.5, 0.6) is 0 Å². The van der Waals surface area contributed by atoms with Gasteiger partial charge in [0.2, 0.25) is 0 Å². The molecule has 0 aliphatic heterocycles. The van der Waals surface area contributed by atoms with Crippen molar-refractivity contribution in [1.82, 2.24) is 4.98 Å². The van der Waals surface area contributed by atoms with E-state index >= 15 is 0 Å². The van der Waals surface area contributed by atoms with Gasteiger partial charge in [0.15, 0.2) is 0 Å². The number of rotatable bonds is 4. The van der Waals surface area contributed by atoms with Gasteiger partial charge in [-0.15, -0.1) is 0 Å². The third-order valence-corrected chi connectivity index (χ3v) is 5.48. The van der Waals surface area contributed by atoms with Gasteiger partial charge in [0, 0.05) is 17.8 Å². The third-order valence-electron chi connectivity index (χ3n) is 5.48. The zero-order valence-electron chi connectivity index (χ0n) is 16.3. The minimum absolute atomic E-state index is 0.661. The maximum absolute atomic E-state index is 10.1. The van der Waals surface area contributed by atoms with Crippen molar-refractivity contribution in [2.75, 3.05) is 5.32 Å². The van der Waals surface area contributed by atoms with Gasteiger partial charge in [0.25, 0.3) is 0 Å². The highest BCUT2D eigenvalue weighted by molar-refractivity contribution is 5.80. The highest BCUT2D eigenvalue weighted by Crippen LogP contribution is 2.36. The Kier molecular flexibility index (Phi) is 5.39. The van der Waals surface area contributed by atoms with Crippen molar-refractivity contribution in [2.24, 2.45) is 0 Å². The van der Waals surface area contributed by atoms with Crippen LogP contribution in [0.1, 0.15) is 47.2 Å². The van der Waals surface area contributed by atoms with Crippen LogP contribution < -0.4 is 5.32 Å². The first-order valence-electron chi connectivity index (χ1n) is 10.1. The fourth-order valence-electron chi connectivity index (χ4n) is 3.98. The fourth-order valence-corrected chi connectivity index (χ4v) is 3.98. The van der Waals surface area contributed by atoms with Crippen LogP contribution in [0.25, 0.3) is 11.1 Å². The summed E-state index contributed by atoms with van der Waals surface area (Å²) < 4.78 is 0. The lowest BCUT2D eigenvalue weighted by atomic mass is 9.91. The highest BCUT2D eigenvalue weighted by atomic mass is 15.0. The molecular formula is C25H25N3. The van der Waals surface area contributed by atoms with E-state index in [1.54, 1.807) is 0 Å². The Morgan fingerprint density at radius 1 is 0.964 bits per heavy atom. The van der Waals surface area contributed by atoms with E-state index in [0.29, 0.717) is 17.9 Å². The third kappa shape index (κ3) is 3.77. The molecule has 1 heterocycles. The molecule has 2 aromatic carbocycles. The van der Waals surface area contributed by atoms with Crippen molar-refractivity contribution in [3.63, 3.8) is 0 Å². The van der Waals surface area contributed by atoms with Crippen LogP contribution in [0, 0.1) is 18.3 Å². The fraction of sp³-hybridized carbons (Fsp3) is 0.280. The van der Waals surface area contributed by atoms with Crippen LogP contribution in [0.2, 0.25) is 0 Å². The van der Waals surface area contributed by atoms with E-state index in [-0.39, 0.29) is 0 Å². The van der Waals surface area contributed by atoms with Gasteiger partial charge in [-0.1, -0.05) is 66.6 Å². The van der Waals surface area contributed by atoms with Crippen LogP contribution in [0.15, 0.2) is 54.6 Å². The summed E-state index contributed by atoms with van der Waals surface area (Å²) in [6, 6.07) is 21.2. The summed E-state index contributed by atoms with van der Waals surface area (Å²) in [5.41, 5.74) is 7.69. The number of anilines is 1. The number of nitriles is 1. The molecule has 4 rings (SSSR count). The molecule has 0 spiro atoms. The maximum atomic E-state index is 10.1. The molecule has 0 unspecified atom stereocenters. The molecule has 28 heavy (non-hydrogen) atoms. The number of aromatic nitrogens is 1. The average Bonchev–Trinajstić information content (AvgIpc) is 2.98. The van der Waals surface area contributed by atoms with Crippen molar-refractivity contribution < 1.29 is 0 Å². The lowest BCUT2D eigenvalue weighted by Gasteiger charge is -2.18. The molecule has 0 amide bonds.